The minimum atomic E-state index is -0.832. The lowest BCUT2D eigenvalue weighted by Crippen LogP contribution is -2.53. The van der Waals surface area contributed by atoms with Crippen LogP contribution in [0.5, 0.6) is 0 Å². The number of alkyl carbamates (subject to hydrolysis) is 1. The summed E-state index contributed by atoms with van der Waals surface area (Å²) in [5.41, 5.74) is 4.61. The Balaban J connectivity index is 1.45. The monoisotopic (exact) mass is 749 g/mol. The average Bonchev–Trinajstić information content (AvgIpc) is 3.84. The van der Waals surface area contributed by atoms with Gasteiger partial charge in [-0.1, -0.05) is 74.5 Å². The van der Waals surface area contributed by atoms with Crippen molar-refractivity contribution in [2.24, 2.45) is 0 Å². The van der Waals surface area contributed by atoms with E-state index in [9.17, 15) is 19.5 Å². The first-order valence-electron chi connectivity index (χ1n) is 17.7. The van der Waals surface area contributed by atoms with Gasteiger partial charge in [-0.15, -0.1) is 22.7 Å². The molecule has 5 N–H and O–H groups in total. The average molecular weight is 750 g/mol. The molecule has 0 aliphatic rings. The Morgan fingerprint density at radius 2 is 1.52 bits per heavy atom. The second-order valence-electron chi connectivity index (χ2n) is 13.0. The Kier molecular flexibility index (Phi) is 17.0. The van der Waals surface area contributed by atoms with E-state index in [1.165, 1.54) is 16.2 Å². The molecule has 2 aromatic carbocycles. The number of aliphatic hydroxyl groups is 1. The van der Waals surface area contributed by atoms with Gasteiger partial charge in [0.1, 0.15) is 12.6 Å². The number of carbonyl (C=O) groups excluding carboxylic acids is 3. The molecule has 4 amide bonds. The number of ether oxygens (including phenoxy) is 1. The Hall–Kier alpha value is -4.37. The molecular weight excluding hydrogens is 699 g/mol. The van der Waals surface area contributed by atoms with Crippen molar-refractivity contribution in [3.8, 4) is 0 Å². The Labute approximate surface area is 314 Å². The van der Waals surface area contributed by atoms with Crippen LogP contribution in [-0.4, -0.2) is 82.9 Å². The van der Waals surface area contributed by atoms with Crippen LogP contribution in [0, 0.1) is 0 Å². The fourth-order valence-electron chi connectivity index (χ4n) is 5.56. The zero-order chi connectivity index (χ0) is 37.1. The van der Waals surface area contributed by atoms with Crippen molar-refractivity contribution in [2.75, 3.05) is 26.7 Å². The molecule has 14 heteroatoms. The lowest BCUT2D eigenvalue weighted by atomic mass is 9.95. The van der Waals surface area contributed by atoms with Gasteiger partial charge in [0.2, 0.25) is 5.91 Å². The normalized spacial score (nSPS) is 12.9. The Bertz CT molecular complexity index is 1620. The van der Waals surface area contributed by atoms with E-state index in [0.717, 1.165) is 26.7 Å². The van der Waals surface area contributed by atoms with Crippen LogP contribution < -0.4 is 21.3 Å². The molecule has 0 bridgehead atoms. The highest BCUT2D eigenvalue weighted by Gasteiger charge is 2.26. The lowest BCUT2D eigenvalue weighted by molar-refractivity contribution is -0.123. The number of aliphatic hydroxyl groups excluding tert-OH is 1. The van der Waals surface area contributed by atoms with Gasteiger partial charge in [-0.05, 0) is 49.8 Å². The SMILES string of the molecule is CC(C)c1nc(CN(C)C(=O)N[C@@H](CCNCCO)C(=O)N[C@H](CC[C@H](Cc2ccccc2)NC(=O)OCc2cncs2)Cc2ccccc2)cs1. The number of aromatic nitrogens is 2. The first kappa shape index (κ1) is 40.4. The van der Waals surface area contributed by atoms with E-state index < -0.39 is 12.1 Å². The molecule has 52 heavy (non-hydrogen) atoms. The van der Waals surface area contributed by atoms with Crippen LogP contribution in [0.4, 0.5) is 9.59 Å². The van der Waals surface area contributed by atoms with Crippen molar-refractivity contribution in [3.63, 3.8) is 0 Å². The summed E-state index contributed by atoms with van der Waals surface area (Å²) in [4.78, 5) is 51.3. The maximum absolute atomic E-state index is 14.0. The van der Waals surface area contributed by atoms with Crippen LogP contribution in [0.2, 0.25) is 0 Å². The number of carbonyl (C=O) groups is 3. The summed E-state index contributed by atoms with van der Waals surface area (Å²) in [6, 6.07) is 18.1. The quantitative estimate of drug-likeness (QED) is 0.0724. The fraction of sp³-hybridized carbons (Fsp3) is 0.447. The van der Waals surface area contributed by atoms with Gasteiger partial charge in [0.15, 0.2) is 0 Å². The highest BCUT2D eigenvalue weighted by molar-refractivity contribution is 7.09. The van der Waals surface area contributed by atoms with Crippen LogP contribution in [-0.2, 0) is 35.5 Å². The predicted octanol–water partition coefficient (Wildman–Crippen LogP) is 5.25. The van der Waals surface area contributed by atoms with E-state index in [-0.39, 0.29) is 37.2 Å². The number of benzene rings is 2. The van der Waals surface area contributed by atoms with Crippen molar-refractivity contribution >= 4 is 40.7 Å². The molecule has 0 radical (unpaired) electrons. The molecule has 2 heterocycles. The third-order valence-corrected chi connectivity index (χ3v) is 10.3. The number of nitrogens with one attached hydrogen (secondary N) is 4. The van der Waals surface area contributed by atoms with E-state index in [1.807, 2.05) is 66.0 Å². The molecule has 0 saturated heterocycles. The lowest BCUT2D eigenvalue weighted by Gasteiger charge is -2.27. The third kappa shape index (κ3) is 14.3. The molecule has 0 aliphatic carbocycles. The smallest absolute Gasteiger partial charge is 0.407 e. The minimum absolute atomic E-state index is 0.0336. The first-order chi connectivity index (χ1) is 25.2. The van der Waals surface area contributed by atoms with Gasteiger partial charge in [-0.3, -0.25) is 9.78 Å². The number of thiazole rings is 2. The van der Waals surface area contributed by atoms with Crippen molar-refractivity contribution < 1.29 is 24.2 Å². The highest BCUT2D eigenvalue weighted by Crippen LogP contribution is 2.20. The number of rotatable bonds is 21. The summed E-state index contributed by atoms with van der Waals surface area (Å²) >= 11 is 2.99. The number of nitrogens with zero attached hydrogens (tertiary/aromatic N) is 3. The fourth-order valence-corrected chi connectivity index (χ4v) is 6.90. The zero-order valence-electron chi connectivity index (χ0n) is 30.1. The van der Waals surface area contributed by atoms with E-state index in [0.29, 0.717) is 57.7 Å². The molecular formula is C38H51N7O5S2. The molecule has 0 fully saturated rings. The van der Waals surface area contributed by atoms with Gasteiger partial charge in [-0.25, -0.2) is 14.6 Å². The predicted molar refractivity (Wildman–Crippen MR) is 205 cm³/mol. The van der Waals surface area contributed by atoms with Gasteiger partial charge in [0.25, 0.3) is 0 Å². The van der Waals surface area contributed by atoms with Crippen LogP contribution in [0.1, 0.15) is 65.7 Å². The van der Waals surface area contributed by atoms with E-state index in [2.05, 4.69) is 45.1 Å². The number of hydrogen-bond acceptors (Lipinski definition) is 10. The van der Waals surface area contributed by atoms with Gasteiger partial charge in [-0.2, -0.15) is 0 Å². The zero-order valence-corrected chi connectivity index (χ0v) is 31.8. The molecule has 3 atom stereocenters. The second kappa shape index (κ2) is 21.9. The molecule has 4 rings (SSSR count). The van der Waals surface area contributed by atoms with Crippen LogP contribution >= 0.6 is 22.7 Å². The first-order valence-corrected chi connectivity index (χ1v) is 19.4. The number of urea groups is 1. The molecule has 4 aromatic rings. The summed E-state index contributed by atoms with van der Waals surface area (Å²) < 4.78 is 5.49. The van der Waals surface area contributed by atoms with Crippen LogP contribution in [0.25, 0.3) is 0 Å². The van der Waals surface area contributed by atoms with Gasteiger partial charge >= 0.3 is 12.1 Å². The standard InChI is InChI=1S/C38H51N7O5S2/c1-27(2)36-42-32(25-51-36)23-45(3)37(48)44-34(16-17-39-18-19-46)35(47)41-30(20-28-10-6-4-7-11-28)14-15-31(21-29-12-8-5-9-13-29)43-38(49)50-24-33-22-40-26-52-33/h4-13,22,25-27,30-31,34,39,46H,14-21,23-24H2,1-3H3,(H,41,47)(H,43,49)(H,44,48)/t30-,31-,34+/m1/s1. The van der Waals surface area contributed by atoms with Gasteiger partial charge in [0, 0.05) is 43.2 Å². The topological polar surface area (TPSA) is 158 Å². The van der Waals surface area contributed by atoms with Crippen molar-refractivity contribution in [1.29, 1.82) is 0 Å². The molecule has 0 aliphatic heterocycles. The summed E-state index contributed by atoms with van der Waals surface area (Å²) in [6.07, 6.45) is 3.74. The Morgan fingerprint density at radius 1 is 0.865 bits per heavy atom. The van der Waals surface area contributed by atoms with Crippen molar-refractivity contribution in [3.05, 3.63) is 104 Å². The number of hydrogen-bond donors (Lipinski definition) is 5. The maximum atomic E-state index is 14.0. The molecule has 12 nitrogen and oxygen atoms in total. The van der Waals surface area contributed by atoms with Gasteiger partial charge < -0.3 is 36.0 Å². The third-order valence-electron chi connectivity index (χ3n) is 8.33. The minimum Gasteiger partial charge on any atom is -0.444 e. The Morgan fingerprint density at radius 3 is 2.10 bits per heavy atom. The van der Waals surface area contributed by atoms with Gasteiger partial charge in [0.05, 0.1) is 34.2 Å². The molecule has 0 spiro atoms. The largest absolute Gasteiger partial charge is 0.444 e. The summed E-state index contributed by atoms with van der Waals surface area (Å²) in [5.74, 6) is -0.00521. The maximum Gasteiger partial charge on any atom is 0.407 e. The van der Waals surface area contributed by atoms with Crippen LogP contribution in [0.3, 0.4) is 0 Å². The van der Waals surface area contributed by atoms with E-state index >= 15 is 0 Å². The molecule has 280 valence electrons. The van der Waals surface area contributed by atoms with Crippen molar-refractivity contribution in [2.45, 2.75) is 83.1 Å². The molecule has 0 unspecified atom stereocenters. The summed E-state index contributed by atoms with van der Waals surface area (Å²) in [7, 11) is 1.68. The van der Waals surface area contributed by atoms with Crippen molar-refractivity contribution in [1.82, 2.24) is 36.1 Å². The van der Waals surface area contributed by atoms with E-state index in [1.54, 1.807) is 30.1 Å². The highest BCUT2D eigenvalue weighted by atomic mass is 32.1. The van der Waals surface area contributed by atoms with Crippen LogP contribution in [0.15, 0.2) is 77.8 Å². The number of amides is 4. The second-order valence-corrected chi connectivity index (χ2v) is 14.9. The summed E-state index contributed by atoms with van der Waals surface area (Å²) in [5, 5.41) is 24.5. The van der Waals surface area contributed by atoms with E-state index in [4.69, 9.17) is 4.74 Å². The molecule has 2 aromatic heterocycles. The summed E-state index contributed by atoms with van der Waals surface area (Å²) in [6.45, 7) is 5.37. The molecule has 0 saturated carbocycles.